The third-order valence-corrected chi connectivity index (χ3v) is 7.30. The van der Waals surface area contributed by atoms with E-state index in [1.165, 1.54) is 30.9 Å². The van der Waals surface area contributed by atoms with Gasteiger partial charge in [-0.25, -0.2) is 9.37 Å². The van der Waals surface area contributed by atoms with Crippen molar-refractivity contribution in [2.45, 2.75) is 45.6 Å². The summed E-state index contributed by atoms with van der Waals surface area (Å²) in [5, 5.41) is 2.99. The van der Waals surface area contributed by atoms with E-state index in [-0.39, 0.29) is 36.5 Å². The third kappa shape index (κ3) is 4.52. The fraction of sp³-hybridized carbons (Fsp3) is 0.500. The van der Waals surface area contributed by atoms with Crippen LogP contribution in [0.4, 0.5) is 21.8 Å². The van der Waals surface area contributed by atoms with Crippen molar-refractivity contribution in [2.24, 2.45) is 5.41 Å². The van der Waals surface area contributed by atoms with E-state index in [1.807, 2.05) is 13.8 Å². The molecule has 196 valence electrons. The summed E-state index contributed by atoms with van der Waals surface area (Å²) in [4.78, 5) is 52.4. The monoisotopic (exact) mass is 510 g/mol. The first-order chi connectivity index (χ1) is 17.7. The number of imide groups is 1. The van der Waals surface area contributed by atoms with Crippen molar-refractivity contribution >= 4 is 35.2 Å². The molecule has 0 saturated carbocycles. The van der Waals surface area contributed by atoms with Crippen LogP contribution in [0.1, 0.15) is 38.7 Å². The smallest absolute Gasteiger partial charge is 0.245 e. The number of likely N-dealkylation sites (tertiary alicyclic amines) is 2. The van der Waals surface area contributed by atoms with Gasteiger partial charge in [0.15, 0.2) is 11.6 Å². The van der Waals surface area contributed by atoms with Gasteiger partial charge in [0.1, 0.15) is 17.8 Å². The quantitative estimate of drug-likeness (QED) is 0.447. The molecule has 2 fully saturated rings. The normalized spacial score (nSPS) is 21.9. The molecule has 1 N–H and O–H groups in total. The number of carbonyl (C=O) groups excluding carboxylic acids is 3. The van der Waals surface area contributed by atoms with Crippen LogP contribution in [0, 0.1) is 11.2 Å². The molecule has 0 bridgehead atoms. The lowest BCUT2D eigenvalue weighted by atomic mass is 9.76. The van der Waals surface area contributed by atoms with Gasteiger partial charge in [-0.15, -0.1) is 0 Å². The van der Waals surface area contributed by atoms with Crippen LogP contribution in [0.5, 0.6) is 5.75 Å². The number of benzene rings is 1. The summed E-state index contributed by atoms with van der Waals surface area (Å²) in [6.45, 7) is 6.94. The standard InChI is InChI=1S/C26H31FN6O4/c1-16(2)33-22-17(13-26(24(33)36)14-21(34)31(3)23(26)35)15-28-25(30-22)29-18-6-7-20(19(27)12-18)37-11-10-32-8-4-5-9-32/h6-7,12,15-16H,4-5,8-11,13-14H2,1-3H3,(H,28,29,30). The lowest BCUT2D eigenvalue weighted by molar-refractivity contribution is -0.144. The Kier molecular flexibility index (Phi) is 6.57. The van der Waals surface area contributed by atoms with E-state index in [1.54, 1.807) is 18.3 Å². The highest BCUT2D eigenvalue weighted by molar-refractivity contribution is 6.21. The molecule has 1 aromatic carbocycles. The van der Waals surface area contributed by atoms with Crippen LogP contribution in [-0.2, 0) is 20.8 Å². The number of carbonyl (C=O) groups is 3. The van der Waals surface area contributed by atoms with Crippen molar-refractivity contribution in [3.8, 4) is 5.75 Å². The number of nitrogens with zero attached hydrogens (tertiary/aromatic N) is 5. The molecule has 1 unspecified atom stereocenters. The molecule has 1 aromatic heterocycles. The predicted octanol–water partition coefficient (Wildman–Crippen LogP) is 2.51. The second kappa shape index (κ2) is 9.70. The van der Waals surface area contributed by atoms with E-state index in [2.05, 4.69) is 20.2 Å². The maximum atomic E-state index is 14.7. The molecular weight excluding hydrogens is 479 g/mol. The van der Waals surface area contributed by atoms with Crippen LogP contribution in [0.2, 0.25) is 0 Å². The van der Waals surface area contributed by atoms with E-state index < -0.39 is 23.0 Å². The Morgan fingerprint density at radius 1 is 1.14 bits per heavy atom. The number of fused-ring (bicyclic) bond motifs is 1. The van der Waals surface area contributed by atoms with Gasteiger partial charge in [-0.1, -0.05) is 0 Å². The highest BCUT2D eigenvalue weighted by Gasteiger charge is 2.60. The zero-order valence-electron chi connectivity index (χ0n) is 21.3. The van der Waals surface area contributed by atoms with Crippen molar-refractivity contribution in [1.82, 2.24) is 19.8 Å². The molecule has 3 aliphatic heterocycles. The fourth-order valence-electron chi connectivity index (χ4n) is 5.31. The number of hydrogen-bond donors (Lipinski definition) is 1. The topological polar surface area (TPSA) is 108 Å². The zero-order chi connectivity index (χ0) is 26.3. The van der Waals surface area contributed by atoms with Crippen LogP contribution in [0.25, 0.3) is 0 Å². The van der Waals surface area contributed by atoms with Gasteiger partial charge in [-0.05, 0) is 51.9 Å². The third-order valence-electron chi connectivity index (χ3n) is 7.30. The molecule has 37 heavy (non-hydrogen) atoms. The lowest BCUT2D eigenvalue weighted by Crippen LogP contribution is -2.55. The Bertz CT molecular complexity index is 1250. The number of aromatic nitrogens is 2. The number of hydrogen-bond acceptors (Lipinski definition) is 8. The molecule has 1 spiro atoms. The van der Waals surface area contributed by atoms with Gasteiger partial charge in [0.25, 0.3) is 0 Å². The van der Waals surface area contributed by atoms with E-state index in [0.29, 0.717) is 23.7 Å². The molecule has 5 rings (SSSR count). The number of halogens is 1. The van der Waals surface area contributed by atoms with Gasteiger partial charge in [-0.2, -0.15) is 4.98 Å². The molecule has 2 aromatic rings. The maximum absolute atomic E-state index is 14.7. The Labute approximate surface area is 214 Å². The molecule has 10 nitrogen and oxygen atoms in total. The minimum atomic E-state index is -1.46. The first-order valence-electron chi connectivity index (χ1n) is 12.6. The summed E-state index contributed by atoms with van der Waals surface area (Å²) in [6.07, 6.45) is 3.82. The largest absolute Gasteiger partial charge is 0.489 e. The van der Waals surface area contributed by atoms with Crippen molar-refractivity contribution in [2.75, 3.05) is 43.5 Å². The van der Waals surface area contributed by atoms with Crippen LogP contribution < -0.4 is 15.0 Å². The fourth-order valence-corrected chi connectivity index (χ4v) is 5.31. The Hall–Kier alpha value is -3.60. The Balaban J connectivity index is 1.34. The minimum absolute atomic E-state index is 0.0532. The molecule has 3 aliphatic rings. The highest BCUT2D eigenvalue weighted by atomic mass is 19.1. The van der Waals surface area contributed by atoms with Crippen LogP contribution in [0.15, 0.2) is 24.4 Å². The van der Waals surface area contributed by atoms with Crippen LogP contribution >= 0.6 is 0 Å². The van der Waals surface area contributed by atoms with Crippen LogP contribution in [-0.4, -0.2) is 76.8 Å². The maximum Gasteiger partial charge on any atom is 0.245 e. The van der Waals surface area contributed by atoms with E-state index in [9.17, 15) is 18.8 Å². The van der Waals surface area contributed by atoms with Gasteiger partial charge in [0.05, 0.1) is 6.42 Å². The Morgan fingerprint density at radius 2 is 1.89 bits per heavy atom. The number of ether oxygens (including phenoxy) is 1. The van der Waals surface area contributed by atoms with E-state index in [0.717, 1.165) is 24.5 Å². The van der Waals surface area contributed by atoms with Crippen molar-refractivity contribution < 1.29 is 23.5 Å². The molecule has 11 heteroatoms. The van der Waals surface area contributed by atoms with Crippen molar-refractivity contribution in [1.29, 1.82) is 0 Å². The van der Waals surface area contributed by atoms with Crippen molar-refractivity contribution in [3.05, 3.63) is 35.8 Å². The van der Waals surface area contributed by atoms with Gasteiger partial charge >= 0.3 is 0 Å². The van der Waals surface area contributed by atoms with Crippen LogP contribution in [0.3, 0.4) is 0 Å². The van der Waals surface area contributed by atoms with Crippen molar-refractivity contribution in [3.63, 3.8) is 0 Å². The molecule has 1 atom stereocenters. The number of anilines is 3. The minimum Gasteiger partial charge on any atom is -0.489 e. The van der Waals surface area contributed by atoms with Gasteiger partial charge in [0, 0.05) is 49.6 Å². The molecule has 3 amide bonds. The summed E-state index contributed by atoms with van der Waals surface area (Å²) in [5.41, 5.74) is -0.435. The second-order valence-corrected chi connectivity index (χ2v) is 10.2. The number of nitrogens with one attached hydrogen (secondary N) is 1. The molecule has 4 heterocycles. The number of amides is 3. The predicted molar refractivity (Wildman–Crippen MR) is 134 cm³/mol. The number of rotatable bonds is 7. The first kappa shape index (κ1) is 25.1. The van der Waals surface area contributed by atoms with Gasteiger partial charge in [-0.3, -0.25) is 29.1 Å². The Morgan fingerprint density at radius 3 is 2.54 bits per heavy atom. The first-order valence-corrected chi connectivity index (χ1v) is 12.6. The average Bonchev–Trinajstić information content (AvgIpc) is 3.45. The lowest BCUT2D eigenvalue weighted by Gasteiger charge is -2.39. The summed E-state index contributed by atoms with van der Waals surface area (Å²) in [6, 6.07) is 4.24. The average molecular weight is 511 g/mol. The van der Waals surface area contributed by atoms with Gasteiger partial charge in [0.2, 0.25) is 23.7 Å². The van der Waals surface area contributed by atoms with E-state index in [4.69, 9.17) is 4.74 Å². The summed E-state index contributed by atoms with van der Waals surface area (Å²) in [7, 11) is 1.40. The van der Waals surface area contributed by atoms with Gasteiger partial charge < -0.3 is 10.1 Å². The summed E-state index contributed by atoms with van der Waals surface area (Å²) >= 11 is 0. The molecular formula is C26H31FN6O4. The summed E-state index contributed by atoms with van der Waals surface area (Å²) in [5.74, 6) is -1.09. The zero-order valence-corrected chi connectivity index (χ0v) is 21.3. The highest BCUT2D eigenvalue weighted by Crippen LogP contribution is 2.44. The molecule has 0 aliphatic carbocycles. The second-order valence-electron chi connectivity index (χ2n) is 10.2. The SMILES string of the molecule is CC(C)N1C(=O)C2(CC(=O)N(C)C2=O)Cc2cnc(Nc3ccc(OCCN4CCCC4)c(F)c3)nc21. The summed E-state index contributed by atoms with van der Waals surface area (Å²) < 4.78 is 20.3. The molecule has 2 saturated heterocycles. The molecule has 0 radical (unpaired) electrons. The van der Waals surface area contributed by atoms with E-state index >= 15 is 0 Å².